The summed E-state index contributed by atoms with van der Waals surface area (Å²) in [6, 6.07) is 4.16. The van der Waals surface area contributed by atoms with Crippen LogP contribution in [0.2, 0.25) is 0 Å². The average Bonchev–Trinajstić information content (AvgIpc) is 2.80. The number of unbranched alkanes of at least 4 members (excludes halogenated alkanes) is 1. The van der Waals surface area contributed by atoms with Crippen molar-refractivity contribution < 1.29 is 14.7 Å². The molecule has 3 N–H and O–H groups in total. The first-order valence-electron chi connectivity index (χ1n) is 7.96. The molecular formula is C18H24N2O3. The number of aliphatic carboxylic acids is 1. The summed E-state index contributed by atoms with van der Waals surface area (Å²) in [6.45, 7) is 6.63. The number of carboxylic acids is 1. The molecule has 0 fully saturated rings. The van der Waals surface area contributed by atoms with E-state index in [2.05, 4.69) is 36.3 Å². The molecule has 23 heavy (non-hydrogen) atoms. The number of fused-ring (bicyclic) bond motifs is 1. The van der Waals surface area contributed by atoms with E-state index in [4.69, 9.17) is 5.11 Å². The van der Waals surface area contributed by atoms with Gasteiger partial charge in [0.2, 0.25) is 5.91 Å². The van der Waals surface area contributed by atoms with Crippen LogP contribution in [0.5, 0.6) is 0 Å². The monoisotopic (exact) mass is 316 g/mol. The van der Waals surface area contributed by atoms with Crippen LogP contribution in [0.25, 0.3) is 10.9 Å². The van der Waals surface area contributed by atoms with Gasteiger partial charge < -0.3 is 15.4 Å². The Morgan fingerprint density at radius 2 is 1.83 bits per heavy atom. The van der Waals surface area contributed by atoms with Crippen molar-refractivity contribution in [1.82, 2.24) is 10.3 Å². The lowest BCUT2D eigenvalue weighted by Gasteiger charge is -2.07. The Balaban J connectivity index is 2.01. The molecule has 0 saturated carbocycles. The van der Waals surface area contributed by atoms with Crippen molar-refractivity contribution in [3.8, 4) is 0 Å². The summed E-state index contributed by atoms with van der Waals surface area (Å²) in [4.78, 5) is 26.0. The fourth-order valence-corrected chi connectivity index (χ4v) is 2.88. The van der Waals surface area contributed by atoms with Gasteiger partial charge in [0, 0.05) is 29.6 Å². The van der Waals surface area contributed by atoms with E-state index in [0.717, 1.165) is 22.2 Å². The van der Waals surface area contributed by atoms with Crippen LogP contribution >= 0.6 is 0 Å². The number of carboxylic acid groups (broad SMARTS) is 1. The largest absolute Gasteiger partial charge is 0.481 e. The molecule has 0 saturated heterocycles. The highest BCUT2D eigenvalue weighted by Gasteiger charge is 2.15. The number of benzene rings is 1. The molecule has 1 aromatic heterocycles. The summed E-state index contributed by atoms with van der Waals surface area (Å²) in [5, 5.41) is 12.6. The number of carbonyl (C=O) groups is 2. The summed E-state index contributed by atoms with van der Waals surface area (Å²) in [7, 11) is 0. The van der Waals surface area contributed by atoms with Crippen LogP contribution in [-0.2, 0) is 16.0 Å². The maximum absolute atomic E-state index is 12.2. The summed E-state index contributed by atoms with van der Waals surface area (Å²) in [5.74, 6) is -0.818. The van der Waals surface area contributed by atoms with Gasteiger partial charge in [-0.3, -0.25) is 9.59 Å². The summed E-state index contributed by atoms with van der Waals surface area (Å²) < 4.78 is 0. The van der Waals surface area contributed by atoms with Crippen LogP contribution in [0.4, 0.5) is 0 Å². The highest BCUT2D eigenvalue weighted by atomic mass is 16.4. The molecule has 1 aromatic carbocycles. The van der Waals surface area contributed by atoms with E-state index in [1.807, 2.05) is 6.92 Å². The van der Waals surface area contributed by atoms with Crippen LogP contribution in [0.3, 0.4) is 0 Å². The zero-order chi connectivity index (χ0) is 17.0. The van der Waals surface area contributed by atoms with Gasteiger partial charge in [-0.1, -0.05) is 12.1 Å². The van der Waals surface area contributed by atoms with Crippen molar-refractivity contribution >= 4 is 22.8 Å². The molecule has 0 aliphatic heterocycles. The number of hydrogen-bond donors (Lipinski definition) is 3. The lowest BCUT2D eigenvalue weighted by Crippen LogP contribution is -2.26. The first-order valence-corrected chi connectivity index (χ1v) is 7.96. The Morgan fingerprint density at radius 3 is 2.52 bits per heavy atom. The van der Waals surface area contributed by atoms with Gasteiger partial charge in [0.25, 0.3) is 0 Å². The molecule has 0 atom stereocenters. The Morgan fingerprint density at radius 1 is 1.13 bits per heavy atom. The van der Waals surface area contributed by atoms with E-state index < -0.39 is 5.97 Å². The maximum Gasteiger partial charge on any atom is 0.303 e. The smallest absolute Gasteiger partial charge is 0.303 e. The second-order valence-corrected chi connectivity index (χ2v) is 6.06. The van der Waals surface area contributed by atoms with Crippen LogP contribution in [0.1, 0.15) is 41.6 Å². The number of carbonyl (C=O) groups excluding carboxylic acids is 1. The van der Waals surface area contributed by atoms with Crippen molar-refractivity contribution in [3.63, 3.8) is 0 Å². The Labute approximate surface area is 136 Å². The molecular weight excluding hydrogens is 292 g/mol. The van der Waals surface area contributed by atoms with Gasteiger partial charge in [0.1, 0.15) is 0 Å². The Bertz CT molecular complexity index is 731. The van der Waals surface area contributed by atoms with Gasteiger partial charge in [-0.2, -0.15) is 0 Å². The molecule has 5 nitrogen and oxygen atoms in total. The van der Waals surface area contributed by atoms with Crippen molar-refractivity contribution in [1.29, 1.82) is 0 Å². The first kappa shape index (κ1) is 17.1. The molecule has 124 valence electrons. The molecule has 0 aliphatic rings. The third-order valence-electron chi connectivity index (χ3n) is 4.17. The molecule has 5 heteroatoms. The number of rotatable bonds is 7. The van der Waals surface area contributed by atoms with Crippen LogP contribution in [0, 0.1) is 20.8 Å². The third-order valence-corrected chi connectivity index (χ3v) is 4.17. The van der Waals surface area contributed by atoms with Crippen molar-refractivity contribution in [3.05, 3.63) is 34.5 Å². The number of aromatic amines is 1. The van der Waals surface area contributed by atoms with E-state index in [9.17, 15) is 9.59 Å². The van der Waals surface area contributed by atoms with Crippen molar-refractivity contribution in [2.24, 2.45) is 0 Å². The molecule has 0 radical (unpaired) electrons. The number of amides is 1. The molecule has 0 aliphatic carbocycles. The number of H-pyrrole nitrogens is 1. The average molecular weight is 316 g/mol. The molecule has 1 amide bonds. The topological polar surface area (TPSA) is 82.2 Å². The first-order chi connectivity index (χ1) is 10.9. The highest BCUT2D eigenvalue weighted by Crippen LogP contribution is 2.28. The van der Waals surface area contributed by atoms with E-state index in [-0.39, 0.29) is 12.3 Å². The minimum atomic E-state index is -0.795. The van der Waals surface area contributed by atoms with E-state index in [1.165, 1.54) is 11.1 Å². The minimum Gasteiger partial charge on any atom is -0.481 e. The molecule has 1 heterocycles. The number of aryl methyl sites for hydroxylation is 3. The summed E-state index contributed by atoms with van der Waals surface area (Å²) >= 11 is 0. The predicted molar refractivity (Wildman–Crippen MR) is 90.7 cm³/mol. The zero-order valence-corrected chi connectivity index (χ0v) is 14.0. The van der Waals surface area contributed by atoms with Gasteiger partial charge >= 0.3 is 5.97 Å². The van der Waals surface area contributed by atoms with Crippen LogP contribution in [0.15, 0.2) is 12.1 Å². The highest BCUT2D eigenvalue weighted by molar-refractivity contribution is 5.93. The fraction of sp³-hybridized carbons (Fsp3) is 0.444. The quantitative estimate of drug-likeness (QED) is 0.687. The molecule has 2 rings (SSSR count). The maximum atomic E-state index is 12.2. The zero-order valence-electron chi connectivity index (χ0n) is 14.0. The van der Waals surface area contributed by atoms with Crippen molar-refractivity contribution in [2.75, 3.05) is 6.54 Å². The normalized spacial score (nSPS) is 10.9. The summed E-state index contributed by atoms with van der Waals surface area (Å²) in [5.41, 5.74) is 5.52. The van der Waals surface area contributed by atoms with E-state index in [1.54, 1.807) is 0 Å². The van der Waals surface area contributed by atoms with Gasteiger partial charge in [-0.05, 0) is 50.3 Å². The molecule has 0 unspecified atom stereocenters. The van der Waals surface area contributed by atoms with Gasteiger partial charge in [-0.25, -0.2) is 0 Å². The Hall–Kier alpha value is -2.30. The SMILES string of the molecule is Cc1[nH]c2c(C)ccc(C)c2c1CC(=O)NCCCCC(=O)O. The lowest BCUT2D eigenvalue weighted by atomic mass is 10.0. The summed E-state index contributed by atoms with van der Waals surface area (Å²) in [6.07, 6.45) is 1.76. The molecule has 2 aromatic rings. The molecule has 0 bridgehead atoms. The third kappa shape index (κ3) is 4.12. The van der Waals surface area contributed by atoms with Crippen LogP contribution < -0.4 is 5.32 Å². The standard InChI is InChI=1S/C18H24N2O3/c1-11-7-8-12(2)18-17(11)14(13(3)20-18)10-15(21)19-9-5-4-6-16(22)23/h7-8,20H,4-6,9-10H2,1-3H3,(H,19,21)(H,22,23). The number of hydrogen-bond acceptors (Lipinski definition) is 2. The van der Waals surface area contributed by atoms with Gasteiger partial charge in [-0.15, -0.1) is 0 Å². The minimum absolute atomic E-state index is 0.0229. The van der Waals surface area contributed by atoms with E-state index in [0.29, 0.717) is 25.8 Å². The van der Waals surface area contributed by atoms with E-state index >= 15 is 0 Å². The van der Waals surface area contributed by atoms with Gasteiger partial charge in [0.15, 0.2) is 0 Å². The fourth-order valence-electron chi connectivity index (χ4n) is 2.88. The second-order valence-electron chi connectivity index (χ2n) is 6.06. The van der Waals surface area contributed by atoms with Gasteiger partial charge in [0.05, 0.1) is 6.42 Å². The number of aromatic nitrogens is 1. The van der Waals surface area contributed by atoms with Crippen molar-refractivity contribution in [2.45, 2.75) is 46.5 Å². The van der Waals surface area contributed by atoms with Crippen LogP contribution in [-0.4, -0.2) is 28.5 Å². The Kier molecular flexibility index (Phi) is 5.42. The predicted octanol–water partition coefficient (Wildman–Crippen LogP) is 3.01. The molecule has 0 spiro atoms. The lowest BCUT2D eigenvalue weighted by molar-refractivity contribution is -0.137. The number of nitrogens with one attached hydrogen (secondary N) is 2. The second kappa shape index (κ2) is 7.31.